The average Bonchev–Trinajstić information content (AvgIpc) is 3.22. The average molecular weight is 347 g/mol. The van der Waals surface area contributed by atoms with E-state index in [1.165, 1.54) is 5.56 Å². The molecule has 0 spiro atoms. The van der Waals surface area contributed by atoms with Crippen molar-refractivity contribution >= 4 is 16.9 Å². The van der Waals surface area contributed by atoms with E-state index in [9.17, 15) is 0 Å². The molecule has 4 rings (SSSR count). The predicted molar refractivity (Wildman–Crippen MR) is 101 cm³/mol. The van der Waals surface area contributed by atoms with Crippen molar-refractivity contribution in [3.8, 4) is 0 Å². The van der Waals surface area contributed by atoms with Gasteiger partial charge in [-0.2, -0.15) is 5.10 Å². The zero-order valence-electron chi connectivity index (χ0n) is 15.1. The molecule has 0 aliphatic carbocycles. The molecule has 3 aromatic heterocycles. The number of imidazole rings is 1. The van der Waals surface area contributed by atoms with Crippen molar-refractivity contribution in [1.82, 2.24) is 29.3 Å². The molecule has 0 aliphatic rings. The molecular formula is C19H21N7. The number of aromatic nitrogens is 6. The number of hydrogen-bond donors (Lipinski definition) is 1. The maximum absolute atomic E-state index is 4.62. The Kier molecular flexibility index (Phi) is 4.12. The zero-order chi connectivity index (χ0) is 18.1. The summed E-state index contributed by atoms with van der Waals surface area (Å²) in [6.07, 6.45) is 6.38. The first-order valence-corrected chi connectivity index (χ1v) is 8.56. The molecule has 0 saturated carbocycles. The second-order valence-electron chi connectivity index (χ2n) is 6.41. The SMILES string of the molecule is Cc1nc(NC(Cc2ccccc2)c2nccn2C)c2cnn(C)c2n1. The fraction of sp³-hybridized carbons (Fsp3) is 0.263. The highest BCUT2D eigenvalue weighted by Crippen LogP contribution is 2.26. The Morgan fingerprint density at radius 3 is 2.65 bits per heavy atom. The van der Waals surface area contributed by atoms with Gasteiger partial charge in [0.2, 0.25) is 0 Å². The molecule has 0 saturated heterocycles. The highest BCUT2D eigenvalue weighted by Gasteiger charge is 2.20. The van der Waals surface area contributed by atoms with E-state index in [0.717, 1.165) is 29.1 Å². The third-order valence-electron chi connectivity index (χ3n) is 4.47. The Balaban J connectivity index is 1.75. The van der Waals surface area contributed by atoms with Crippen molar-refractivity contribution in [2.75, 3.05) is 5.32 Å². The van der Waals surface area contributed by atoms with Gasteiger partial charge in [-0.05, 0) is 18.9 Å². The number of benzene rings is 1. The van der Waals surface area contributed by atoms with E-state index in [4.69, 9.17) is 0 Å². The van der Waals surface area contributed by atoms with E-state index >= 15 is 0 Å². The molecule has 7 nitrogen and oxygen atoms in total. The van der Waals surface area contributed by atoms with Crippen LogP contribution in [0.1, 0.15) is 23.3 Å². The molecule has 1 aromatic carbocycles. The Morgan fingerprint density at radius 2 is 1.92 bits per heavy atom. The molecule has 1 N–H and O–H groups in total. The summed E-state index contributed by atoms with van der Waals surface area (Å²) in [5.41, 5.74) is 2.06. The molecular weight excluding hydrogens is 326 g/mol. The molecule has 1 atom stereocenters. The van der Waals surface area contributed by atoms with Gasteiger partial charge in [0.05, 0.1) is 17.6 Å². The van der Waals surface area contributed by atoms with Gasteiger partial charge in [-0.25, -0.2) is 15.0 Å². The molecule has 0 bridgehead atoms. The molecule has 1 unspecified atom stereocenters. The van der Waals surface area contributed by atoms with Crippen LogP contribution in [0.2, 0.25) is 0 Å². The second kappa shape index (κ2) is 6.59. The Hall–Kier alpha value is -3.22. The van der Waals surface area contributed by atoms with Crippen molar-refractivity contribution < 1.29 is 0 Å². The van der Waals surface area contributed by atoms with Gasteiger partial charge < -0.3 is 9.88 Å². The van der Waals surface area contributed by atoms with Gasteiger partial charge in [0.15, 0.2) is 5.65 Å². The Bertz CT molecular complexity index is 1030. The molecule has 4 aromatic rings. The standard InChI is InChI=1S/C19H21N7/c1-13-22-17(15-12-21-26(3)18(15)23-13)24-16(19-20-9-10-25(19)2)11-14-7-5-4-6-8-14/h4-10,12,16H,11H2,1-3H3,(H,22,23,24). The number of nitrogens with zero attached hydrogens (tertiary/aromatic N) is 6. The van der Waals surface area contributed by atoms with E-state index < -0.39 is 0 Å². The van der Waals surface area contributed by atoms with Gasteiger partial charge in [-0.15, -0.1) is 0 Å². The largest absolute Gasteiger partial charge is 0.359 e. The number of aryl methyl sites for hydroxylation is 3. The van der Waals surface area contributed by atoms with E-state index in [1.807, 2.05) is 44.0 Å². The summed E-state index contributed by atoms with van der Waals surface area (Å²) in [5.74, 6) is 2.45. The lowest BCUT2D eigenvalue weighted by atomic mass is 10.1. The quantitative estimate of drug-likeness (QED) is 0.601. The van der Waals surface area contributed by atoms with Crippen LogP contribution >= 0.6 is 0 Å². The van der Waals surface area contributed by atoms with Crippen molar-refractivity contribution in [1.29, 1.82) is 0 Å². The van der Waals surface area contributed by atoms with E-state index in [1.54, 1.807) is 10.9 Å². The first-order chi connectivity index (χ1) is 12.6. The minimum atomic E-state index is -0.0184. The van der Waals surface area contributed by atoms with Crippen LogP contribution in [0.15, 0.2) is 48.9 Å². The monoisotopic (exact) mass is 347 g/mol. The van der Waals surface area contributed by atoms with Gasteiger partial charge >= 0.3 is 0 Å². The lowest BCUT2D eigenvalue weighted by molar-refractivity contribution is 0.666. The van der Waals surface area contributed by atoms with E-state index in [0.29, 0.717) is 5.82 Å². The normalized spacial score (nSPS) is 12.4. The highest BCUT2D eigenvalue weighted by molar-refractivity contribution is 5.86. The molecule has 132 valence electrons. The smallest absolute Gasteiger partial charge is 0.163 e. The van der Waals surface area contributed by atoms with Gasteiger partial charge in [-0.3, -0.25) is 4.68 Å². The van der Waals surface area contributed by atoms with Crippen LogP contribution in [-0.4, -0.2) is 29.3 Å². The van der Waals surface area contributed by atoms with Crippen LogP contribution in [-0.2, 0) is 20.5 Å². The van der Waals surface area contributed by atoms with Crippen molar-refractivity contribution in [3.05, 3.63) is 66.1 Å². The second-order valence-corrected chi connectivity index (χ2v) is 6.41. The van der Waals surface area contributed by atoms with Crippen LogP contribution in [0.5, 0.6) is 0 Å². The van der Waals surface area contributed by atoms with Gasteiger partial charge in [0.25, 0.3) is 0 Å². The van der Waals surface area contributed by atoms with Gasteiger partial charge in [0, 0.05) is 26.5 Å². The summed E-state index contributed by atoms with van der Waals surface area (Å²) in [6.45, 7) is 1.89. The molecule has 0 aliphatic heterocycles. The molecule has 26 heavy (non-hydrogen) atoms. The Labute approximate surface area is 151 Å². The molecule has 0 radical (unpaired) electrons. The summed E-state index contributed by atoms with van der Waals surface area (Å²) in [7, 11) is 3.89. The maximum atomic E-state index is 4.62. The van der Waals surface area contributed by atoms with Gasteiger partial charge in [0.1, 0.15) is 17.5 Å². The first kappa shape index (κ1) is 16.3. The molecule has 7 heteroatoms. The summed E-state index contributed by atoms with van der Waals surface area (Å²) in [5, 5.41) is 8.81. The zero-order valence-corrected chi connectivity index (χ0v) is 15.1. The van der Waals surface area contributed by atoms with E-state index in [-0.39, 0.29) is 6.04 Å². The molecule has 0 amide bonds. The number of hydrogen-bond acceptors (Lipinski definition) is 5. The predicted octanol–water partition coefficient (Wildman–Crippen LogP) is 2.80. The number of rotatable bonds is 5. The van der Waals surface area contributed by atoms with E-state index in [2.05, 4.69) is 49.6 Å². The lowest BCUT2D eigenvalue weighted by Crippen LogP contribution is -2.19. The fourth-order valence-electron chi connectivity index (χ4n) is 3.18. The topological polar surface area (TPSA) is 73.5 Å². The minimum absolute atomic E-state index is 0.0184. The lowest BCUT2D eigenvalue weighted by Gasteiger charge is -2.20. The van der Waals surface area contributed by atoms with Crippen LogP contribution in [0.3, 0.4) is 0 Å². The summed E-state index contributed by atoms with van der Waals surface area (Å²) < 4.78 is 3.80. The first-order valence-electron chi connectivity index (χ1n) is 8.56. The van der Waals surface area contributed by atoms with Gasteiger partial charge in [-0.1, -0.05) is 30.3 Å². The van der Waals surface area contributed by atoms with Crippen molar-refractivity contribution in [3.63, 3.8) is 0 Å². The van der Waals surface area contributed by atoms with Crippen LogP contribution in [0.25, 0.3) is 11.0 Å². The maximum Gasteiger partial charge on any atom is 0.163 e. The number of fused-ring (bicyclic) bond motifs is 1. The van der Waals surface area contributed by atoms with Crippen LogP contribution in [0, 0.1) is 6.92 Å². The molecule has 3 heterocycles. The van der Waals surface area contributed by atoms with Crippen LogP contribution < -0.4 is 5.32 Å². The molecule has 0 fully saturated rings. The number of anilines is 1. The van der Waals surface area contributed by atoms with Crippen molar-refractivity contribution in [2.24, 2.45) is 14.1 Å². The number of nitrogens with one attached hydrogen (secondary N) is 1. The van der Waals surface area contributed by atoms with Crippen molar-refractivity contribution in [2.45, 2.75) is 19.4 Å². The van der Waals surface area contributed by atoms with Crippen LogP contribution in [0.4, 0.5) is 5.82 Å². The third kappa shape index (κ3) is 3.03. The Morgan fingerprint density at radius 1 is 1.12 bits per heavy atom. The fourth-order valence-corrected chi connectivity index (χ4v) is 3.18. The minimum Gasteiger partial charge on any atom is -0.359 e. The summed E-state index contributed by atoms with van der Waals surface area (Å²) >= 11 is 0. The summed E-state index contributed by atoms with van der Waals surface area (Å²) in [6, 6.07) is 10.4. The highest BCUT2D eigenvalue weighted by atomic mass is 15.3. The summed E-state index contributed by atoms with van der Waals surface area (Å²) in [4.78, 5) is 13.7. The third-order valence-corrected chi connectivity index (χ3v) is 4.47.